The molecule has 3 N–H and O–H groups in total. The topological polar surface area (TPSA) is 63.3 Å². The fourth-order valence-corrected chi connectivity index (χ4v) is 2.96. The zero-order valence-corrected chi connectivity index (χ0v) is 9.74. The summed E-state index contributed by atoms with van der Waals surface area (Å²) in [5, 5.41) is 10.4. The zero-order valence-electron chi connectivity index (χ0n) is 8.98. The Kier molecular flexibility index (Phi) is 2.68. The van der Waals surface area contributed by atoms with E-state index in [0.717, 1.165) is 0 Å². The van der Waals surface area contributed by atoms with Gasteiger partial charge in [-0.3, -0.25) is 4.79 Å². The molecule has 0 saturated heterocycles. The fraction of sp³-hybridized carbons (Fsp3) is 0.417. The predicted octanol–water partition coefficient (Wildman–Crippen LogP) is 2.04. The number of nitrogens with two attached hydrogens (primary N) is 1. The average molecular weight is 240 g/mol. The van der Waals surface area contributed by atoms with Gasteiger partial charge in [-0.15, -0.1) is 0 Å². The molecule has 0 fully saturated rings. The first-order valence-corrected chi connectivity index (χ1v) is 5.59. The molecule has 3 atom stereocenters. The van der Waals surface area contributed by atoms with Gasteiger partial charge in [0, 0.05) is 23.4 Å². The van der Waals surface area contributed by atoms with E-state index in [4.69, 9.17) is 17.3 Å². The molecule has 0 saturated carbocycles. The lowest BCUT2D eigenvalue weighted by Crippen LogP contribution is -2.50. The van der Waals surface area contributed by atoms with Gasteiger partial charge in [0.25, 0.3) is 0 Å². The van der Waals surface area contributed by atoms with Crippen LogP contribution >= 0.6 is 11.6 Å². The van der Waals surface area contributed by atoms with Gasteiger partial charge in [-0.1, -0.05) is 30.7 Å². The summed E-state index contributed by atoms with van der Waals surface area (Å²) in [7, 11) is 0. The van der Waals surface area contributed by atoms with Crippen molar-refractivity contribution in [3.8, 4) is 0 Å². The number of halogens is 1. The number of aliphatic hydroxyl groups excluding tert-OH is 1. The van der Waals surface area contributed by atoms with E-state index in [1.165, 1.54) is 6.08 Å². The number of carbonyl (C=O) groups is 1. The molecule has 0 aromatic heterocycles. The van der Waals surface area contributed by atoms with Crippen LogP contribution in [0.1, 0.15) is 13.3 Å². The molecule has 0 heterocycles. The summed E-state index contributed by atoms with van der Waals surface area (Å²) in [5.74, 6) is -0.340. The molecular formula is C12H14ClNO2. The second-order valence-corrected chi connectivity index (χ2v) is 4.92. The van der Waals surface area contributed by atoms with Gasteiger partial charge in [0.2, 0.25) is 0 Å². The first-order chi connectivity index (χ1) is 7.45. The maximum atomic E-state index is 11.3. The van der Waals surface area contributed by atoms with E-state index in [1.54, 1.807) is 6.08 Å². The van der Waals surface area contributed by atoms with Crippen molar-refractivity contribution in [1.29, 1.82) is 0 Å². The molecule has 4 heteroatoms. The molecule has 2 aliphatic carbocycles. The summed E-state index contributed by atoms with van der Waals surface area (Å²) in [6, 6.07) is 0. The van der Waals surface area contributed by atoms with Crippen LogP contribution in [0, 0.1) is 11.8 Å². The number of carbonyl (C=O) groups excluding carboxylic acids is 1. The molecule has 16 heavy (non-hydrogen) atoms. The van der Waals surface area contributed by atoms with Crippen molar-refractivity contribution in [2.24, 2.45) is 17.6 Å². The molecule has 2 aliphatic rings. The number of ketones is 1. The van der Waals surface area contributed by atoms with Crippen LogP contribution < -0.4 is 5.73 Å². The highest BCUT2D eigenvalue weighted by Gasteiger charge is 2.48. The average Bonchev–Trinajstić information content (AvgIpc) is 2.40. The quantitative estimate of drug-likeness (QED) is 0.736. The van der Waals surface area contributed by atoms with Crippen LogP contribution in [0.2, 0.25) is 0 Å². The second kappa shape index (κ2) is 3.75. The Labute approximate surface area is 99.3 Å². The van der Waals surface area contributed by atoms with Crippen molar-refractivity contribution < 1.29 is 9.90 Å². The minimum Gasteiger partial charge on any atom is -0.510 e. The lowest BCUT2D eigenvalue weighted by molar-refractivity contribution is -0.114. The summed E-state index contributed by atoms with van der Waals surface area (Å²) in [6.07, 6.45) is 6.92. The standard InChI is InChI=1S/C12H14ClNO2/c1-7-3-2-4-9(13)11(7)12(14)6-8(15)5-10(12)16/h2-5,7,11,16H,6,14H2,1H3/t7?,11?,12-/m1/s1. The molecular weight excluding hydrogens is 226 g/mol. The Morgan fingerprint density at radius 3 is 2.81 bits per heavy atom. The number of aliphatic hydroxyl groups is 1. The lowest BCUT2D eigenvalue weighted by Gasteiger charge is -2.37. The van der Waals surface area contributed by atoms with Crippen molar-refractivity contribution in [2.75, 3.05) is 0 Å². The Bertz CT molecular complexity index is 425. The molecule has 0 radical (unpaired) electrons. The normalized spacial score (nSPS) is 38.6. The van der Waals surface area contributed by atoms with Crippen molar-refractivity contribution in [2.45, 2.75) is 18.9 Å². The summed E-state index contributed by atoms with van der Waals surface area (Å²) in [4.78, 5) is 11.3. The Hall–Kier alpha value is -1.06. The Morgan fingerprint density at radius 1 is 1.62 bits per heavy atom. The van der Waals surface area contributed by atoms with Crippen molar-refractivity contribution in [1.82, 2.24) is 0 Å². The molecule has 0 bridgehead atoms. The molecule has 0 aromatic carbocycles. The highest BCUT2D eigenvalue weighted by Crippen LogP contribution is 2.43. The van der Waals surface area contributed by atoms with Gasteiger partial charge in [-0.2, -0.15) is 0 Å². The third kappa shape index (κ3) is 1.60. The number of hydrogen-bond donors (Lipinski definition) is 2. The summed E-state index contributed by atoms with van der Waals surface area (Å²) < 4.78 is 0. The number of allylic oxidation sites excluding steroid dienone is 4. The molecule has 2 rings (SSSR count). The SMILES string of the molecule is CC1C=CC=C(Cl)C1[C@@]1(N)CC(=O)C=C1O. The summed E-state index contributed by atoms with van der Waals surface area (Å²) in [5.41, 5.74) is 5.10. The predicted molar refractivity (Wildman–Crippen MR) is 63.0 cm³/mol. The van der Waals surface area contributed by atoms with E-state index in [0.29, 0.717) is 5.03 Å². The zero-order chi connectivity index (χ0) is 11.9. The van der Waals surface area contributed by atoms with Crippen LogP contribution in [0.25, 0.3) is 0 Å². The maximum absolute atomic E-state index is 11.3. The largest absolute Gasteiger partial charge is 0.510 e. The van der Waals surface area contributed by atoms with Gasteiger partial charge < -0.3 is 10.8 Å². The molecule has 3 nitrogen and oxygen atoms in total. The van der Waals surface area contributed by atoms with Gasteiger partial charge in [0.1, 0.15) is 5.76 Å². The molecule has 0 aliphatic heterocycles. The van der Waals surface area contributed by atoms with Crippen LogP contribution in [0.15, 0.2) is 35.1 Å². The second-order valence-electron chi connectivity index (χ2n) is 4.49. The van der Waals surface area contributed by atoms with Crippen LogP contribution in [0.4, 0.5) is 0 Å². The van der Waals surface area contributed by atoms with Crippen molar-refractivity contribution in [3.05, 3.63) is 35.1 Å². The monoisotopic (exact) mass is 239 g/mol. The maximum Gasteiger partial charge on any atom is 0.161 e. The van der Waals surface area contributed by atoms with Gasteiger partial charge in [-0.25, -0.2) is 0 Å². The highest BCUT2D eigenvalue weighted by atomic mass is 35.5. The van der Waals surface area contributed by atoms with Crippen LogP contribution in [-0.4, -0.2) is 16.4 Å². The minimum atomic E-state index is -1.05. The third-order valence-electron chi connectivity index (χ3n) is 3.29. The highest BCUT2D eigenvalue weighted by molar-refractivity contribution is 6.30. The fourth-order valence-electron chi connectivity index (χ4n) is 2.49. The van der Waals surface area contributed by atoms with E-state index in [-0.39, 0.29) is 29.8 Å². The molecule has 0 amide bonds. The number of rotatable bonds is 1. The molecule has 86 valence electrons. The lowest BCUT2D eigenvalue weighted by atomic mass is 9.73. The smallest absolute Gasteiger partial charge is 0.161 e. The first kappa shape index (κ1) is 11.4. The molecule has 2 unspecified atom stereocenters. The van der Waals surface area contributed by atoms with Crippen LogP contribution in [0.5, 0.6) is 0 Å². The van der Waals surface area contributed by atoms with E-state index in [2.05, 4.69) is 0 Å². The van der Waals surface area contributed by atoms with Crippen LogP contribution in [0.3, 0.4) is 0 Å². The molecule has 0 spiro atoms. The summed E-state index contributed by atoms with van der Waals surface area (Å²) >= 11 is 6.14. The third-order valence-corrected chi connectivity index (χ3v) is 3.65. The first-order valence-electron chi connectivity index (χ1n) is 5.22. The Balaban J connectivity index is 2.38. The van der Waals surface area contributed by atoms with E-state index < -0.39 is 5.54 Å². The molecule has 0 aromatic rings. The van der Waals surface area contributed by atoms with Gasteiger partial charge in [0.05, 0.1) is 5.54 Å². The van der Waals surface area contributed by atoms with Crippen molar-refractivity contribution in [3.63, 3.8) is 0 Å². The van der Waals surface area contributed by atoms with E-state index in [1.807, 2.05) is 19.1 Å². The number of hydrogen-bond acceptors (Lipinski definition) is 3. The van der Waals surface area contributed by atoms with Gasteiger partial charge in [0.15, 0.2) is 5.78 Å². The van der Waals surface area contributed by atoms with E-state index >= 15 is 0 Å². The van der Waals surface area contributed by atoms with E-state index in [9.17, 15) is 9.90 Å². The van der Waals surface area contributed by atoms with Gasteiger partial charge in [-0.05, 0) is 12.0 Å². The minimum absolute atomic E-state index is 0.0591. The van der Waals surface area contributed by atoms with Gasteiger partial charge >= 0.3 is 0 Å². The Morgan fingerprint density at radius 2 is 2.31 bits per heavy atom. The van der Waals surface area contributed by atoms with Crippen LogP contribution in [-0.2, 0) is 4.79 Å². The summed E-state index contributed by atoms with van der Waals surface area (Å²) in [6.45, 7) is 1.97. The van der Waals surface area contributed by atoms with Crippen molar-refractivity contribution >= 4 is 17.4 Å².